The predicted molar refractivity (Wildman–Crippen MR) is 114 cm³/mol. The Morgan fingerprint density at radius 3 is 2.39 bits per heavy atom. The second-order valence-electron chi connectivity index (χ2n) is 7.98. The molecule has 1 heterocycles. The minimum absolute atomic E-state index is 0. The molecular weight excluding hydrogens is 404 g/mol. The number of halogens is 3. The van der Waals surface area contributed by atoms with Gasteiger partial charge < -0.3 is 20.7 Å². The first-order valence-electron chi connectivity index (χ1n) is 9.80. The number of fused-ring (bicyclic) bond motifs is 2. The van der Waals surface area contributed by atoms with E-state index in [-0.39, 0.29) is 48.5 Å². The summed E-state index contributed by atoms with van der Waals surface area (Å²) in [6, 6.07) is 5.03. The first-order chi connectivity index (χ1) is 12.6. The normalized spacial score (nSPS) is 29.3. The highest BCUT2D eigenvalue weighted by Gasteiger charge is 2.40. The Kier molecular flexibility index (Phi) is 8.37. The third kappa shape index (κ3) is 5.09. The van der Waals surface area contributed by atoms with Crippen LogP contribution < -0.4 is 16.0 Å². The lowest BCUT2D eigenvalue weighted by molar-refractivity contribution is -0.122. The van der Waals surface area contributed by atoms with Crippen molar-refractivity contribution in [1.82, 2.24) is 0 Å². The number of nitrogens with zero attached hydrogens (tertiary/aromatic N) is 1. The molecule has 0 spiro atoms. The largest absolute Gasteiger partial charge is 0.378 e. The molecule has 0 aromatic heterocycles. The van der Waals surface area contributed by atoms with Crippen LogP contribution in [0.4, 0.5) is 15.8 Å². The summed E-state index contributed by atoms with van der Waals surface area (Å²) in [6.07, 6.45) is 5.19. The van der Waals surface area contributed by atoms with Crippen molar-refractivity contribution in [3.8, 4) is 0 Å². The van der Waals surface area contributed by atoms with Crippen LogP contribution in [0.25, 0.3) is 0 Å². The highest BCUT2D eigenvalue weighted by molar-refractivity contribution is 5.93. The molecule has 0 radical (unpaired) electrons. The van der Waals surface area contributed by atoms with Gasteiger partial charge in [-0.15, -0.1) is 24.8 Å². The van der Waals surface area contributed by atoms with Gasteiger partial charge in [-0.2, -0.15) is 0 Å². The number of nitrogens with one attached hydrogen (secondary N) is 1. The molecule has 1 aliphatic heterocycles. The van der Waals surface area contributed by atoms with Gasteiger partial charge >= 0.3 is 0 Å². The molecule has 3 N–H and O–H groups in total. The van der Waals surface area contributed by atoms with E-state index in [9.17, 15) is 9.18 Å². The summed E-state index contributed by atoms with van der Waals surface area (Å²) in [7, 11) is 0. The summed E-state index contributed by atoms with van der Waals surface area (Å²) in [5.41, 5.74) is 7.66. The average molecular weight is 434 g/mol. The molecule has 2 bridgehead atoms. The molecule has 1 saturated heterocycles. The van der Waals surface area contributed by atoms with Crippen molar-refractivity contribution in [1.29, 1.82) is 0 Å². The van der Waals surface area contributed by atoms with Crippen molar-refractivity contribution < 1.29 is 13.9 Å². The van der Waals surface area contributed by atoms with E-state index < -0.39 is 0 Å². The Morgan fingerprint density at radius 1 is 1.11 bits per heavy atom. The topological polar surface area (TPSA) is 67.6 Å². The number of benzene rings is 1. The molecule has 1 aromatic carbocycles. The average Bonchev–Trinajstić information content (AvgIpc) is 2.61. The van der Waals surface area contributed by atoms with Crippen LogP contribution in [0.3, 0.4) is 0 Å². The lowest BCUT2D eigenvalue weighted by atomic mass is 9.65. The van der Waals surface area contributed by atoms with Gasteiger partial charge in [0, 0.05) is 36.4 Å². The smallest absolute Gasteiger partial charge is 0.227 e. The third-order valence-electron chi connectivity index (χ3n) is 6.31. The van der Waals surface area contributed by atoms with Crippen molar-refractivity contribution in [3.63, 3.8) is 0 Å². The second-order valence-corrected chi connectivity index (χ2v) is 7.98. The van der Waals surface area contributed by atoms with E-state index >= 15 is 0 Å². The molecule has 28 heavy (non-hydrogen) atoms. The summed E-state index contributed by atoms with van der Waals surface area (Å²) in [5.74, 6) is 0.573. The van der Waals surface area contributed by atoms with E-state index in [1.807, 2.05) is 6.07 Å². The van der Waals surface area contributed by atoms with Crippen LogP contribution in [0.1, 0.15) is 32.1 Å². The molecule has 2 saturated carbocycles. The number of amides is 1. The molecule has 1 aromatic rings. The van der Waals surface area contributed by atoms with Crippen LogP contribution >= 0.6 is 24.8 Å². The standard InChI is InChI=1S/C20H28FN3O2.2ClH/c21-16-10-17(12-18(11-16)24-4-6-26-7-5-24)23-20(25)15-8-13-2-1-3-14(9-15)19(13)22;;/h10-15,19H,1-9,22H2,(H,23,25);2*1H. The van der Waals surface area contributed by atoms with Crippen molar-refractivity contribution in [3.05, 3.63) is 24.0 Å². The molecule has 2 aliphatic carbocycles. The fourth-order valence-corrected chi connectivity index (χ4v) is 4.90. The number of nitrogens with two attached hydrogens (primary N) is 1. The van der Waals surface area contributed by atoms with Gasteiger partial charge in [-0.25, -0.2) is 4.39 Å². The van der Waals surface area contributed by atoms with Crippen LogP contribution in [0.2, 0.25) is 0 Å². The molecule has 4 rings (SSSR count). The molecule has 1 amide bonds. The lowest BCUT2D eigenvalue weighted by Crippen LogP contribution is -2.48. The van der Waals surface area contributed by atoms with E-state index in [1.165, 1.54) is 18.6 Å². The van der Waals surface area contributed by atoms with Gasteiger partial charge in [0.15, 0.2) is 0 Å². The Balaban J connectivity index is 0.00000140. The SMILES string of the molecule is Cl.Cl.NC1C2CCCC1CC(C(=O)Nc1cc(F)cc(N3CCOCC3)c1)C2. The van der Waals surface area contributed by atoms with Crippen LogP contribution in [0.5, 0.6) is 0 Å². The van der Waals surface area contributed by atoms with Gasteiger partial charge in [0.1, 0.15) is 5.82 Å². The van der Waals surface area contributed by atoms with Gasteiger partial charge in [0.05, 0.1) is 13.2 Å². The molecule has 5 nitrogen and oxygen atoms in total. The highest BCUT2D eigenvalue weighted by atomic mass is 35.5. The van der Waals surface area contributed by atoms with Crippen molar-refractivity contribution in [2.24, 2.45) is 23.5 Å². The van der Waals surface area contributed by atoms with Gasteiger partial charge in [-0.1, -0.05) is 6.42 Å². The molecule has 2 unspecified atom stereocenters. The lowest BCUT2D eigenvalue weighted by Gasteiger charge is -2.43. The predicted octanol–water partition coefficient (Wildman–Crippen LogP) is 3.60. The van der Waals surface area contributed by atoms with Gasteiger partial charge in [0.2, 0.25) is 5.91 Å². The highest BCUT2D eigenvalue weighted by Crippen LogP contribution is 2.42. The molecule has 8 heteroatoms. The van der Waals surface area contributed by atoms with E-state index in [1.54, 1.807) is 0 Å². The molecule has 3 fully saturated rings. The number of rotatable bonds is 3. The third-order valence-corrected chi connectivity index (χ3v) is 6.31. The van der Waals surface area contributed by atoms with Crippen molar-refractivity contribution >= 4 is 42.1 Å². The fourth-order valence-electron chi connectivity index (χ4n) is 4.90. The maximum atomic E-state index is 14.1. The van der Waals surface area contributed by atoms with Gasteiger partial charge in [-0.3, -0.25) is 4.79 Å². The van der Waals surface area contributed by atoms with Gasteiger partial charge in [0.25, 0.3) is 0 Å². The molecular formula is C20H30Cl2FN3O2. The summed E-state index contributed by atoms with van der Waals surface area (Å²) >= 11 is 0. The van der Waals surface area contributed by atoms with Crippen molar-refractivity contribution in [2.75, 3.05) is 36.5 Å². The zero-order valence-electron chi connectivity index (χ0n) is 15.9. The number of ether oxygens (including phenoxy) is 1. The number of anilines is 2. The molecule has 3 aliphatic rings. The quantitative estimate of drug-likeness (QED) is 0.763. The van der Waals surface area contributed by atoms with Crippen LogP contribution in [0, 0.1) is 23.6 Å². The molecule has 158 valence electrons. The number of hydrogen-bond acceptors (Lipinski definition) is 4. The van der Waals surface area contributed by atoms with E-state index in [4.69, 9.17) is 10.5 Å². The number of carbonyl (C=O) groups excluding carboxylic acids is 1. The maximum absolute atomic E-state index is 14.1. The zero-order valence-corrected chi connectivity index (χ0v) is 17.6. The first-order valence-corrected chi connectivity index (χ1v) is 9.80. The molecule has 2 atom stereocenters. The number of morpholine rings is 1. The Bertz CT molecular complexity index is 659. The van der Waals surface area contributed by atoms with Crippen LogP contribution in [0.15, 0.2) is 18.2 Å². The monoisotopic (exact) mass is 433 g/mol. The summed E-state index contributed by atoms with van der Waals surface area (Å²) in [6.45, 7) is 2.76. The fraction of sp³-hybridized carbons (Fsp3) is 0.650. The summed E-state index contributed by atoms with van der Waals surface area (Å²) in [5, 5.41) is 2.96. The summed E-state index contributed by atoms with van der Waals surface area (Å²) < 4.78 is 19.4. The Morgan fingerprint density at radius 2 is 1.75 bits per heavy atom. The van der Waals surface area contributed by atoms with Crippen molar-refractivity contribution in [2.45, 2.75) is 38.1 Å². The number of carbonyl (C=O) groups is 1. The first kappa shape index (κ1) is 23.2. The van der Waals surface area contributed by atoms with Crippen LogP contribution in [-0.2, 0) is 9.53 Å². The van der Waals surface area contributed by atoms with Crippen LogP contribution in [-0.4, -0.2) is 38.3 Å². The number of hydrogen-bond donors (Lipinski definition) is 2. The van der Waals surface area contributed by atoms with E-state index in [2.05, 4.69) is 10.2 Å². The minimum Gasteiger partial charge on any atom is -0.378 e. The minimum atomic E-state index is -0.327. The Hall–Kier alpha value is -1.08. The maximum Gasteiger partial charge on any atom is 0.227 e. The Labute approximate surface area is 178 Å². The second kappa shape index (κ2) is 10.1. The van der Waals surface area contributed by atoms with Gasteiger partial charge in [-0.05, 0) is 55.7 Å². The van der Waals surface area contributed by atoms with E-state index in [0.717, 1.165) is 44.5 Å². The van der Waals surface area contributed by atoms with E-state index in [0.29, 0.717) is 30.7 Å². The summed E-state index contributed by atoms with van der Waals surface area (Å²) in [4.78, 5) is 14.9. The zero-order chi connectivity index (χ0) is 18.1.